The number of carbonyl (C=O) groups excluding carboxylic acids is 2. The van der Waals surface area contributed by atoms with E-state index in [1.54, 1.807) is 6.08 Å². The molecule has 0 aliphatic heterocycles. The number of methoxy groups -OCH3 is 1. The third-order valence-electron chi connectivity index (χ3n) is 4.25. The van der Waals surface area contributed by atoms with Crippen molar-refractivity contribution in [2.45, 2.75) is 13.0 Å². The first-order valence-corrected chi connectivity index (χ1v) is 10.2. The van der Waals surface area contributed by atoms with Crippen LogP contribution in [0.4, 0.5) is 0 Å². The van der Waals surface area contributed by atoms with Crippen molar-refractivity contribution in [2.75, 3.05) is 13.7 Å². The summed E-state index contributed by atoms with van der Waals surface area (Å²) in [5, 5.41) is 3.87. The van der Waals surface area contributed by atoms with Gasteiger partial charge in [-0.25, -0.2) is 4.79 Å². The summed E-state index contributed by atoms with van der Waals surface area (Å²) in [7, 11) is 1.31. The summed E-state index contributed by atoms with van der Waals surface area (Å²) in [6.07, 6.45) is 2.06. The van der Waals surface area contributed by atoms with E-state index in [1.807, 2.05) is 54.6 Å². The maximum Gasteiger partial charge on any atom is 0.372 e. The van der Waals surface area contributed by atoms with E-state index in [9.17, 15) is 9.59 Å². The van der Waals surface area contributed by atoms with Crippen LogP contribution in [0, 0.1) is 3.57 Å². The first-order chi connectivity index (χ1) is 14.1. The van der Waals surface area contributed by atoms with Crippen molar-refractivity contribution in [3.8, 4) is 0 Å². The van der Waals surface area contributed by atoms with Gasteiger partial charge in [0.25, 0.3) is 5.91 Å². The Morgan fingerprint density at radius 2 is 1.83 bits per heavy atom. The highest BCUT2D eigenvalue weighted by Crippen LogP contribution is 2.23. The molecular formula is C22H21IN2O4. The molecule has 3 aromatic rings. The molecule has 1 aromatic heterocycles. The summed E-state index contributed by atoms with van der Waals surface area (Å²) in [6.45, 7) is 0.626. The third-order valence-corrected chi connectivity index (χ3v) is 5.37. The summed E-state index contributed by atoms with van der Waals surface area (Å²) < 4.78 is 11.3. The highest BCUT2D eigenvalue weighted by atomic mass is 127. The van der Waals surface area contributed by atoms with Gasteiger partial charge in [0.2, 0.25) is 5.76 Å². The molecule has 0 fully saturated rings. The van der Waals surface area contributed by atoms with Crippen molar-refractivity contribution < 1.29 is 19.1 Å². The van der Waals surface area contributed by atoms with Crippen LogP contribution in [0.1, 0.15) is 22.5 Å². The smallest absolute Gasteiger partial charge is 0.372 e. The minimum absolute atomic E-state index is 0.130. The lowest BCUT2D eigenvalue weighted by molar-refractivity contribution is -0.140. The molecule has 7 heteroatoms. The Balaban J connectivity index is 1.57. The van der Waals surface area contributed by atoms with Crippen LogP contribution >= 0.6 is 22.6 Å². The van der Waals surface area contributed by atoms with Gasteiger partial charge >= 0.3 is 5.97 Å². The number of rotatable bonds is 8. The van der Waals surface area contributed by atoms with Crippen molar-refractivity contribution in [1.82, 2.24) is 10.3 Å². The molecule has 0 spiro atoms. The summed E-state index contributed by atoms with van der Waals surface area (Å²) in [5.41, 5.74) is 2.40. The van der Waals surface area contributed by atoms with Crippen molar-refractivity contribution in [3.05, 3.63) is 81.3 Å². The number of aromatic nitrogens is 1. The van der Waals surface area contributed by atoms with Gasteiger partial charge in [-0.05, 0) is 46.7 Å². The molecule has 0 unspecified atom stereocenters. The average Bonchev–Trinajstić information content (AvgIpc) is 3.10. The van der Waals surface area contributed by atoms with Crippen molar-refractivity contribution in [2.24, 2.45) is 0 Å². The van der Waals surface area contributed by atoms with Crippen molar-refractivity contribution >= 4 is 45.4 Å². The van der Waals surface area contributed by atoms with E-state index in [-0.39, 0.29) is 18.3 Å². The molecule has 0 bridgehead atoms. The van der Waals surface area contributed by atoms with Gasteiger partial charge in [0, 0.05) is 17.4 Å². The van der Waals surface area contributed by atoms with Crippen LogP contribution in [0.2, 0.25) is 0 Å². The molecule has 0 saturated heterocycles. The fourth-order valence-corrected chi connectivity index (χ4v) is 3.63. The average molecular weight is 504 g/mol. The van der Waals surface area contributed by atoms with E-state index in [1.165, 1.54) is 7.11 Å². The Morgan fingerprint density at radius 3 is 2.55 bits per heavy atom. The fraction of sp³-hybridized carbons (Fsp3) is 0.182. The molecule has 0 aliphatic carbocycles. The molecule has 2 aromatic carbocycles. The lowest BCUT2D eigenvalue weighted by Crippen LogP contribution is -2.25. The molecule has 3 rings (SSSR count). The number of amides is 1. The van der Waals surface area contributed by atoms with Gasteiger partial charge in [0.15, 0.2) is 0 Å². The van der Waals surface area contributed by atoms with Crippen LogP contribution in [0.5, 0.6) is 0 Å². The number of H-pyrrole nitrogens is 1. The van der Waals surface area contributed by atoms with Crippen LogP contribution < -0.4 is 5.32 Å². The van der Waals surface area contributed by atoms with Gasteiger partial charge in [-0.3, -0.25) is 4.79 Å². The largest absolute Gasteiger partial charge is 0.482 e. The maximum atomic E-state index is 12.5. The van der Waals surface area contributed by atoms with Crippen LogP contribution in [-0.2, 0) is 20.9 Å². The van der Waals surface area contributed by atoms with E-state index in [4.69, 9.17) is 9.47 Å². The molecule has 0 saturated carbocycles. The van der Waals surface area contributed by atoms with Crippen LogP contribution in [0.15, 0.2) is 66.4 Å². The summed E-state index contributed by atoms with van der Waals surface area (Å²) in [6, 6.07) is 17.3. The molecule has 1 amide bonds. The second-order valence-electron chi connectivity index (χ2n) is 6.24. The quantitative estimate of drug-likeness (QED) is 0.159. The third kappa shape index (κ3) is 5.38. The number of esters is 1. The van der Waals surface area contributed by atoms with Crippen molar-refractivity contribution in [1.29, 1.82) is 0 Å². The zero-order chi connectivity index (χ0) is 20.6. The van der Waals surface area contributed by atoms with Gasteiger partial charge in [0.1, 0.15) is 12.3 Å². The second kappa shape index (κ2) is 10.1. The highest BCUT2D eigenvalue weighted by Gasteiger charge is 2.15. The molecule has 0 aliphatic rings. The Kier molecular flexibility index (Phi) is 7.29. The van der Waals surface area contributed by atoms with Crippen LogP contribution in [0.3, 0.4) is 0 Å². The number of halogens is 1. The fourth-order valence-electron chi connectivity index (χ4n) is 2.78. The Morgan fingerprint density at radius 1 is 1.10 bits per heavy atom. The number of hydrogen-bond donors (Lipinski definition) is 2. The maximum absolute atomic E-state index is 12.5. The molecule has 2 N–H and O–H groups in total. The minimum atomic E-state index is -0.544. The number of hydrogen-bond acceptors (Lipinski definition) is 4. The summed E-state index contributed by atoms with van der Waals surface area (Å²) in [5.74, 6) is -0.605. The zero-order valence-electron chi connectivity index (χ0n) is 15.9. The molecule has 6 nitrogen and oxygen atoms in total. The Hall–Kier alpha value is -2.81. The minimum Gasteiger partial charge on any atom is -0.482 e. The van der Waals surface area contributed by atoms with E-state index in [0.29, 0.717) is 18.7 Å². The normalized spacial score (nSPS) is 11.3. The van der Waals surface area contributed by atoms with E-state index in [2.05, 4.69) is 32.9 Å². The second-order valence-corrected chi connectivity index (χ2v) is 7.32. The Bertz CT molecular complexity index is 1030. The van der Waals surface area contributed by atoms with Gasteiger partial charge in [-0.15, -0.1) is 0 Å². The number of fused-ring (bicyclic) bond motifs is 1. The standard InChI is InChI=1S/C22H21IN2O4/c1-28-22(27)18(29-14-15-8-3-2-4-9-15)12-7-13-24-21(26)20-19(23)16-10-5-6-11-17(16)25-20/h2-6,8-12,25H,7,13-14H2,1H3,(H,24,26)/b18-12-. The molecule has 29 heavy (non-hydrogen) atoms. The van der Waals surface area contributed by atoms with Gasteiger partial charge in [-0.2, -0.15) is 0 Å². The molecule has 0 atom stereocenters. The summed E-state index contributed by atoms with van der Waals surface area (Å²) in [4.78, 5) is 27.6. The SMILES string of the molecule is COC(=O)/C(=C/CCNC(=O)c1[nH]c2ccccc2c1I)OCc1ccccc1. The topological polar surface area (TPSA) is 80.4 Å². The van der Waals surface area contributed by atoms with E-state index in [0.717, 1.165) is 20.0 Å². The number of para-hydroxylation sites is 1. The number of benzene rings is 2. The number of carbonyl (C=O) groups is 2. The number of nitrogens with one attached hydrogen (secondary N) is 2. The van der Waals surface area contributed by atoms with E-state index < -0.39 is 5.97 Å². The van der Waals surface area contributed by atoms with Gasteiger partial charge in [-0.1, -0.05) is 48.5 Å². The Labute approximate surface area is 182 Å². The number of aromatic amines is 1. The predicted molar refractivity (Wildman–Crippen MR) is 119 cm³/mol. The number of ether oxygens (including phenoxy) is 2. The highest BCUT2D eigenvalue weighted by molar-refractivity contribution is 14.1. The molecule has 150 valence electrons. The molecular weight excluding hydrogens is 483 g/mol. The van der Waals surface area contributed by atoms with Crippen LogP contribution in [0.25, 0.3) is 10.9 Å². The summed E-state index contributed by atoms with van der Waals surface area (Å²) >= 11 is 2.17. The molecule has 1 heterocycles. The lowest BCUT2D eigenvalue weighted by Gasteiger charge is -2.09. The predicted octanol–water partition coefficient (Wildman–Crippen LogP) is 4.17. The lowest BCUT2D eigenvalue weighted by atomic mass is 10.2. The van der Waals surface area contributed by atoms with Gasteiger partial charge < -0.3 is 19.8 Å². The van der Waals surface area contributed by atoms with Crippen molar-refractivity contribution in [3.63, 3.8) is 0 Å². The first kappa shape index (κ1) is 20.9. The monoisotopic (exact) mass is 504 g/mol. The molecule has 0 radical (unpaired) electrons. The van der Waals surface area contributed by atoms with E-state index >= 15 is 0 Å². The first-order valence-electron chi connectivity index (χ1n) is 9.09. The van der Waals surface area contributed by atoms with Gasteiger partial charge in [0.05, 0.1) is 10.7 Å². The van der Waals surface area contributed by atoms with Crippen LogP contribution in [-0.4, -0.2) is 30.5 Å². The zero-order valence-corrected chi connectivity index (χ0v) is 18.1.